The second-order valence-electron chi connectivity index (χ2n) is 4.61. The van der Waals surface area contributed by atoms with Crippen molar-refractivity contribution in [1.82, 2.24) is 0 Å². The lowest BCUT2D eigenvalue weighted by molar-refractivity contribution is -0.146. The van der Waals surface area contributed by atoms with Gasteiger partial charge in [0.05, 0.1) is 12.5 Å². The normalized spacial score (nSPS) is 23.6. The number of aliphatic hydroxyl groups excluding tert-OH is 1. The van der Waals surface area contributed by atoms with Crippen LogP contribution >= 0.6 is 0 Å². The van der Waals surface area contributed by atoms with Crippen molar-refractivity contribution in [2.45, 2.75) is 38.4 Å². The van der Waals surface area contributed by atoms with Crippen LogP contribution < -0.4 is 0 Å². The van der Waals surface area contributed by atoms with Gasteiger partial charge in [-0.3, -0.25) is 4.79 Å². The highest BCUT2D eigenvalue weighted by Crippen LogP contribution is 2.28. The molecule has 3 nitrogen and oxygen atoms in total. The summed E-state index contributed by atoms with van der Waals surface area (Å²) in [6.45, 7) is 0.322. The molecular weight excluding hydrogens is 216 g/mol. The molecule has 17 heavy (non-hydrogen) atoms. The van der Waals surface area contributed by atoms with Gasteiger partial charge in [-0.15, -0.1) is 0 Å². The van der Waals surface area contributed by atoms with Crippen LogP contribution in [0.25, 0.3) is 0 Å². The third-order valence-corrected chi connectivity index (χ3v) is 3.29. The smallest absolute Gasteiger partial charge is 0.306 e. The van der Waals surface area contributed by atoms with E-state index >= 15 is 0 Å². The van der Waals surface area contributed by atoms with Crippen LogP contribution in [0, 0.1) is 5.92 Å². The van der Waals surface area contributed by atoms with Crippen LogP contribution in [0.15, 0.2) is 30.3 Å². The molecule has 0 bridgehead atoms. The number of rotatable bonds is 4. The number of hydrogen-bond donors (Lipinski definition) is 1. The zero-order valence-electron chi connectivity index (χ0n) is 9.84. The van der Waals surface area contributed by atoms with Gasteiger partial charge >= 0.3 is 5.97 Å². The van der Waals surface area contributed by atoms with Crippen molar-refractivity contribution < 1.29 is 14.6 Å². The first-order valence-electron chi connectivity index (χ1n) is 6.13. The third kappa shape index (κ3) is 3.56. The minimum atomic E-state index is -0.320. The molecule has 1 fully saturated rings. The molecule has 3 heteroatoms. The van der Waals surface area contributed by atoms with Gasteiger partial charge in [-0.25, -0.2) is 0 Å². The van der Waals surface area contributed by atoms with Gasteiger partial charge in [-0.2, -0.15) is 0 Å². The Morgan fingerprint density at radius 3 is 2.71 bits per heavy atom. The van der Waals surface area contributed by atoms with Crippen molar-refractivity contribution in [2.75, 3.05) is 0 Å². The SMILES string of the molecule is O=C(CC1CCCC1O)OCc1ccccc1. The Labute approximate surface area is 101 Å². The molecular formula is C14H18O3. The lowest BCUT2D eigenvalue weighted by Gasteiger charge is -2.13. The first-order valence-corrected chi connectivity index (χ1v) is 6.13. The summed E-state index contributed by atoms with van der Waals surface area (Å²) in [5, 5.41) is 9.62. The average molecular weight is 234 g/mol. The van der Waals surface area contributed by atoms with Gasteiger partial charge in [0.2, 0.25) is 0 Å². The number of carbonyl (C=O) groups is 1. The maximum atomic E-state index is 11.6. The second-order valence-corrected chi connectivity index (χ2v) is 4.61. The molecule has 0 saturated heterocycles. The molecule has 2 rings (SSSR count). The van der Waals surface area contributed by atoms with Crippen molar-refractivity contribution in [1.29, 1.82) is 0 Å². The molecule has 0 heterocycles. The molecule has 1 aliphatic rings. The van der Waals surface area contributed by atoms with Gasteiger partial charge in [0.1, 0.15) is 6.61 Å². The molecule has 0 aliphatic heterocycles. The summed E-state index contributed by atoms with van der Waals surface area (Å²) < 4.78 is 5.19. The number of aliphatic hydroxyl groups is 1. The van der Waals surface area contributed by atoms with E-state index in [0.29, 0.717) is 13.0 Å². The predicted octanol–water partition coefficient (Wildman–Crippen LogP) is 2.28. The summed E-state index contributed by atoms with van der Waals surface area (Å²) in [5.41, 5.74) is 0.993. The van der Waals surface area contributed by atoms with Gasteiger partial charge in [0.25, 0.3) is 0 Å². The zero-order valence-corrected chi connectivity index (χ0v) is 9.84. The Hall–Kier alpha value is -1.35. The molecule has 92 valence electrons. The Bertz CT molecular complexity index is 361. The average Bonchev–Trinajstić information content (AvgIpc) is 2.74. The Kier molecular flexibility index (Phi) is 4.15. The fraction of sp³-hybridized carbons (Fsp3) is 0.500. The van der Waals surface area contributed by atoms with E-state index in [1.54, 1.807) is 0 Å². The van der Waals surface area contributed by atoms with E-state index in [1.165, 1.54) is 0 Å². The second kappa shape index (κ2) is 5.82. The van der Waals surface area contributed by atoms with Gasteiger partial charge in [-0.1, -0.05) is 36.8 Å². The Balaban J connectivity index is 1.74. The van der Waals surface area contributed by atoms with Crippen molar-refractivity contribution in [3.8, 4) is 0 Å². The van der Waals surface area contributed by atoms with E-state index in [4.69, 9.17) is 4.74 Å². The van der Waals surface area contributed by atoms with Gasteiger partial charge in [0.15, 0.2) is 0 Å². The molecule has 1 saturated carbocycles. The molecule has 0 amide bonds. The summed E-state index contributed by atoms with van der Waals surface area (Å²) in [6, 6.07) is 9.63. The van der Waals surface area contributed by atoms with E-state index in [9.17, 15) is 9.90 Å². The minimum Gasteiger partial charge on any atom is -0.461 e. The molecule has 1 N–H and O–H groups in total. The van der Waals surface area contributed by atoms with Crippen molar-refractivity contribution in [3.63, 3.8) is 0 Å². The van der Waals surface area contributed by atoms with Crippen molar-refractivity contribution in [2.24, 2.45) is 5.92 Å². The lowest BCUT2D eigenvalue weighted by Crippen LogP contribution is -2.18. The van der Waals surface area contributed by atoms with Crippen LogP contribution in [-0.2, 0) is 16.1 Å². The summed E-state index contributed by atoms with van der Waals surface area (Å²) in [6.07, 6.45) is 2.78. The zero-order chi connectivity index (χ0) is 12.1. The topological polar surface area (TPSA) is 46.5 Å². The van der Waals surface area contributed by atoms with Crippen LogP contribution in [0.2, 0.25) is 0 Å². The monoisotopic (exact) mass is 234 g/mol. The molecule has 0 spiro atoms. The Morgan fingerprint density at radius 1 is 1.29 bits per heavy atom. The first kappa shape index (κ1) is 12.1. The highest BCUT2D eigenvalue weighted by Gasteiger charge is 2.27. The van der Waals surface area contributed by atoms with Crippen LogP contribution in [0.5, 0.6) is 0 Å². The van der Waals surface area contributed by atoms with Crippen molar-refractivity contribution >= 4 is 5.97 Å². The van der Waals surface area contributed by atoms with E-state index < -0.39 is 0 Å². The number of hydrogen-bond acceptors (Lipinski definition) is 3. The maximum absolute atomic E-state index is 11.6. The van der Waals surface area contributed by atoms with Crippen LogP contribution in [-0.4, -0.2) is 17.2 Å². The molecule has 0 radical (unpaired) electrons. The standard InChI is InChI=1S/C14H18O3/c15-13-8-4-7-12(13)9-14(16)17-10-11-5-2-1-3-6-11/h1-3,5-6,12-13,15H,4,7-10H2. The summed E-state index contributed by atoms with van der Waals surface area (Å²) in [7, 11) is 0. The van der Waals surface area contributed by atoms with Crippen LogP contribution in [0.3, 0.4) is 0 Å². The van der Waals surface area contributed by atoms with Gasteiger partial charge < -0.3 is 9.84 Å². The molecule has 1 aromatic rings. The number of benzene rings is 1. The molecule has 1 aromatic carbocycles. The molecule has 2 atom stereocenters. The van der Waals surface area contributed by atoms with Crippen LogP contribution in [0.1, 0.15) is 31.2 Å². The van der Waals surface area contributed by atoms with Crippen LogP contribution in [0.4, 0.5) is 0 Å². The van der Waals surface area contributed by atoms with Crippen molar-refractivity contribution in [3.05, 3.63) is 35.9 Å². The number of carbonyl (C=O) groups excluding carboxylic acids is 1. The van der Waals surface area contributed by atoms with E-state index in [2.05, 4.69) is 0 Å². The fourth-order valence-corrected chi connectivity index (χ4v) is 2.27. The minimum absolute atomic E-state index is 0.0956. The first-order chi connectivity index (χ1) is 8.25. The largest absolute Gasteiger partial charge is 0.461 e. The molecule has 0 aromatic heterocycles. The molecule has 2 unspecified atom stereocenters. The van der Waals surface area contributed by atoms with Gasteiger partial charge in [-0.05, 0) is 24.3 Å². The summed E-state index contributed by atoms with van der Waals surface area (Å²) >= 11 is 0. The van der Waals surface area contributed by atoms with E-state index in [0.717, 1.165) is 24.8 Å². The maximum Gasteiger partial charge on any atom is 0.306 e. The predicted molar refractivity (Wildman–Crippen MR) is 64.2 cm³/mol. The van der Waals surface area contributed by atoms with E-state index in [1.807, 2.05) is 30.3 Å². The molecule has 1 aliphatic carbocycles. The summed E-state index contributed by atoms with van der Waals surface area (Å²) in [5.74, 6) is -0.113. The van der Waals surface area contributed by atoms with Gasteiger partial charge in [0, 0.05) is 0 Å². The number of ether oxygens (including phenoxy) is 1. The van der Waals surface area contributed by atoms with E-state index in [-0.39, 0.29) is 18.0 Å². The lowest BCUT2D eigenvalue weighted by atomic mass is 10.0. The Morgan fingerprint density at radius 2 is 2.06 bits per heavy atom. The third-order valence-electron chi connectivity index (χ3n) is 3.29. The highest BCUT2D eigenvalue weighted by atomic mass is 16.5. The highest BCUT2D eigenvalue weighted by molar-refractivity contribution is 5.69. The fourth-order valence-electron chi connectivity index (χ4n) is 2.27. The number of esters is 1. The summed E-state index contributed by atoms with van der Waals surface area (Å²) in [4.78, 5) is 11.6. The quantitative estimate of drug-likeness (QED) is 0.813.